The van der Waals surface area contributed by atoms with Gasteiger partial charge in [0.25, 0.3) is 5.91 Å². The average molecular weight is 576 g/mol. The Balaban J connectivity index is 2.02. The number of carbonyl (C=O) groups excluding carboxylic acids is 5. The van der Waals surface area contributed by atoms with Crippen LogP contribution in [0.5, 0.6) is 0 Å². The zero-order valence-corrected chi connectivity index (χ0v) is 22.5. The van der Waals surface area contributed by atoms with E-state index < -0.39 is 72.8 Å². The van der Waals surface area contributed by atoms with Gasteiger partial charge in [-0.3, -0.25) is 23.7 Å². The first-order valence-corrected chi connectivity index (χ1v) is 12.1. The van der Waals surface area contributed by atoms with E-state index in [-0.39, 0.29) is 11.4 Å². The van der Waals surface area contributed by atoms with Gasteiger partial charge in [0.15, 0.2) is 18.4 Å². The van der Waals surface area contributed by atoms with E-state index in [1.807, 2.05) is 0 Å². The van der Waals surface area contributed by atoms with Crippen molar-refractivity contribution in [3.05, 3.63) is 52.6 Å². The minimum absolute atomic E-state index is 0.104. The monoisotopic (exact) mass is 575 g/mol. The quantitative estimate of drug-likeness (QED) is 0.217. The van der Waals surface area contributed by atoms with Crippen molar-refractivity contribution in [2.75, 3.05) is 24.8 Å². The smallest absolute Gasteiger partial charge is 0.407 e. The van der Waals surface area contributed by atoms with Crippen molar-refractivity contribution in [2.45, 2.75) is 51.4 Å². The van der Waals surface area contributed by atoms with Crippen LogP contribution in [0.15, 0.2) is 41.3 Å². The number of nitrogen functional groups attached to an aromatic ring is 1. The van der Waals surface area contributed by atoms with Crippen LogP contribution in [0.4, 0.5) is 16.3 Å². The maximum atomic E-state index is 13.1. The summed E-state index contributed by atoms with van der Waals surface area (Å²) in [6.07, 6.45) is -5.31. The molecule has 1 fully saturated rings. The van der Waals surface area contributed by atoms with Gasteiger partial charge in [-0.25, -0.2) is 9.59 Å². The molecule has 220 valence electrons. The number of methoxy groups -OCH3 is 1. The number of hydrogen-bond donors (Lipinski definition) is 3. The van der Waals surface area contributed by atoms with Crippen LogP contribution in [-0.4, -0.2) is 77.5 Å². The van der Waals surface area contributed by atoms with Crippen molar-refractivity contribution < 1.29 is 47.7 Å². The molecule has 5 atom stereocenters. The van der Waals surface area contributed by atoms with Crippen molar-refractivity contribution >= 4 is 41.4 Å². The predicted molar refractivity (Wildman–Crippen MR) is 138 cm³/mol. The molecule has 41 heavy (non-hydrogen) atoms. The van der Waals surface area contributed by atoms with E-state index in [4.69, 9.17) is 24.7 Å². The van der Waals surface area contributed by atoms with E-state index in [0.29, 0.717) is 5.69 Å². The first-order chi connectivity index (χ1) is 19.4. The first-order valence-electron chi connectivity index (χ1n) is 12.1. The van der Waals surface area contributed by atoms with Crippen LogP contribution in [-0.2, 0) is 38.1 Å². The van der Waals surface area contributed by atoms with Crippen molar-refractivity contribution in [3.63, 3.8) is 0 Å². The number of esters is 3. The molecule has 2 aromatic rings. The molecular formula is C25H29N5O11. The Morgan fingerprint density at radius 3 is 2.17 bits per heavy atom. The maximum absolute atomic E-state index is 13.1. The average Bonchev–Trinajstić information content (AvgIpc) is 2.90. The number of nitrogens with zero attached hydrogens (tertiary/aromatic N) is 2. The Morgan fingerprint density at radius 1 is 0.976 bits per heavy atom. The van der Waals surface area contributed by atoms with Gasteiger partial charge in [-0.15, -0.1) is 0 Å². The van der Waals surface area contributed by atoms with Crippen LogP contribution in [0.25, 0.3) is 0 Å². The second kappa shape index (κ2) is 13.4. The summed E-state index contributed by atoms with van der Waals surface area (Å²) < 4.78 is 27.4. The van der Waals surface area contributed by atoms with Crippen LogP contribution >= 0.6 is 0 Å². The molecule has 5 unspecified atom stereocenters. The molecular weight excluding hydrogens is 546 g/mol. The van der Waals surface area contributed by atoms with Gasteiger partial charge >= 0.3 is 29.7 Å². The van der Waals surface area contributed by atoms with Gasteiger partial charge in [0.1, 0.15) is 24.6 Å². The lowest BCUT2D eigenvalue weighted by Gasteiger charge is -2.45. The van der Waals surface area contributed by atoms with Crippen LogP contribution in [0.3, 0.4) is 0 Å². The Morgan fingerprint density at radius 2 is 1.61 bits per heavy atom. The summed E-state index contributed by atoms with van der Waals surface area (Å²) in [4.78, 5) is 77.3. The highest BCUT2D eigenvalue weighted by Crippen LogP contribution is 2.32. The largest absolute Gasteiger partial charge is 0.463 e. The summed E-state index contributed by atoms with van der Waals surface area (Å²) in [5.74, 6) is -2.96. The molecule has 1 aromatic carbocycles. The molecule has 2 amide bonds. The van der Waals surface area contributed by atoms with Gasteiger partial charge in [-0.1, -0.05) is 0 Å². The molecule has 1 aliphatic heterocycles. The van der Waals surface area contributed by atoms with Crippen molar-refractivity contribution in [1.29, 1.82) is 0 Å². The summed E-state index contributed by atoms with van der Waals surface area (Å²) in [6, 6.07) is 5.95. The van der Waals surface area contributed by atoms with E-state index >= 15 is 0 Å². The number of ether oxygens (including phenoxy) is 5. The SMILES string of the molecule is COC(=O)NC1C(OC(C)=O)C(OC(C)=O)C(COC(C)=O)OC1n1ccc(NC(=O)c2ccc(N)cc2)nc1=O. The van der Waals surface area contributed by atoms with Gasteiger partial charge in [0, 0.05) is 38.2 Å². The van der Waals surface area contributed by atoms with Gasteiger partial charge in [0.05, 0.1) is 7.11 Å². The number of nitrogens with two attached hydrogens (primary N) is 1. The molecule has 3 rings (SSSR count). The van der Waals surface area contributed by atoms with E-state index in [0.717, 1.165) is 32.4 Å². The number of anilines is 2. The zero-order valence-electron chi connectivity index (χ0n) is 22.5. The van der Waals surface area contributed by atoms with Crippen LogP contribution in [0, 0.1) is 0 Å². The van der Waals surface area contributed by atoms with Crippen LogP contribution in [0.2, 0.25) is 0 Å². The summed E-state index contributed by atoms with van der Waals surface area (Å²) >= 11 is 0. The molecule has 2 heterocycles. The van der Waals surface area contributed by atoms with E-state index in [1.165, 1.54) is 36.5 Å². The molecule has 1 saturated heterocycles. The second-order valence-electron chi connectivity index (χ2n) is 8.76. The fourth-order valence-electron chi connectivity index (χ4n) is 4.01. The summed E-state index contributed by atoms with van der Waals surface area (Å²) in [6.45, 7) is 2.84. The molecule has 0 bridgehead atoms. The van der Waals surface area contributed by atoms with Crippen molar-refractivity contribution in [2.24, 2.45) is 0 Å². The zero-order chi connectivity index (χ0) is 30.3. The molecule has 0 aliphatic carbocycles. The van der Waals surface area contributed by atoms with Crippen LogP contribution < -0.4 is 22.1 Å². The number of nitrogens with one attached hydrogen (secondary N) is 2. The predicted octanol–water partition coefficient (Wildman–Crippen LogP) is 0.126. The standard InChI is InChI=1S/C25H29N5O11/c1-12(31)38-11-17-20(39-13(2)32)21(40-14(3)33)19(29-25(36)37-4)23(41-17)30-10-9-18(28-24(30)35)27-22(34)15-5-7-16(26)8-6-15/h5-10,17,19-21,23H,11,26H2,1-4H3,(H,29,36)(H,27,28,34,35). The van der Waals surface area contributed by atoms with E-state index in [1.54, 1.807) is 0 Å². The molecule has 1 aliphatic rings. The van der Waals surface area contributed by atoms with Gasteiger partial charge < -0.3 is 40.1 Å². The third-order valence-corrected chi connectivity index (χ3v) is 5.71. The van der Waals surface area contributed by atoms with E-state index in [9.17, 15) is 28.8 Å². The molecule has 1 aromatic heterocycles. The third-order valence-electron chi connectivity index (χ3n) is 5.71. The number of alkyl carbamates (subject to hydrolysis) is 1. The maximum Gasteiger partial charge on any atom is 0.407 e. The number of carbonyl (C=O) groups is 5. The number of hydrogen-bond acceptors (Lipinski definition) is 13. The van der Waals surface area contributed by atoms with Crippen molar-refractivity contribution in [1.82, 2.24) is 14.9 Å². The fourth-order valence-corrected chi connectivity index (χ4v) is 4.01. The number of aromatic nitrogens is 2. The Kier molecular flexibility index (Phi) is 9.97. The minimum Gasteiger partial charge on any atom is -0.463 e. The Hall–Kier alpha value is -4.99. The lowest BCUT2D eigenvalue weighted by atomic mass is 9.95. The molecule has 0 saturated carbocycles. The number of amides is 2. The Bertz CT molecular complexity index is 1360. The highest BCUT2D eigenvalue weighted by atomic mass is 16.6. The first kappa shape index (κ1) is 30.6. The fraction of sp³-hybridized carbons (Fsp3) is 0.400. The molecule has 16 nitrogen and oxygen atoms in total. The highest BCUT2D eigenvalue weighted by Gasteiger charge is 2.52. The molecule has 16 heteroatoms. The Labute approximate surface area is 233 Å². The summed E-state index contributed by atoms with van der Waals surface area (Å²) in [5, 5.41) is 4.92. The number of benzene rings is 1. The van der Waals surface area contributed by atoms with Gasteiger partial charge in [0.2, 0.25) is 0 Å². The van der Waals surface area contributed by atoms with Gasteiger partial charge in [-0.2, -0.15) is 4.98 Å². The molecule has 0 spiro atoms. The van der Waals surface area contributed by atoms with E-state index in [2.05, 4.69) is 20.4 Å². The second-order valence-corrected chi connectivity index (χ2v) is 8.76. The third kappa shape index (κ3) is 8.01. The van der Waals surface area contributed by atoms with Crippen LogP contribution in [0.1, 0.15) is 37.4 Å². The molecule has 4 N–H and O–H groups in total. The summed E-state index contributed by atoms with van der Waals surface area (Å²) in [5.41, 5.74) is 5.41. The minimum atomic E-state index is -1.45. The lowest BCUT2D eigenvalue weighted by molar-refractivity contribution is -0.237. The van der Waals surface area contributed by atoms with Crippen molar-refractivity contribution in [3.8, 4) is 0 Å². The summed E-state index contributed by atoms with van der Waals surface area (Å²) in [7, 11) is 1.08. The lowest BCUT2D eigenvalue weighted by Crippen LogP contribution is -2.65. The topological polar surface area (TPSA) is 216 Å². The number of rotatable bonds is 8. The van der Waals surface area contributed by atoms with Gasteiger partial charge in [-0.05, 0) is 30.3 Å². The normalized spacial score (nSPS) is 21.6. The highest BCUT2D eigenvalue weighted by molar-refractivity contribution is 6.03. The molecule has 0 radical (unpaired) electrons.